The Morgan fingerprint density at radius 2 is 2.25 bits per heavy atom. The van der Waals surface area contributed by atoms with Crippen molar-refractivity contribution in [2.75, 3.05) is 19.6 Å². The van der Waals surface area contributed by atoms with E-state index in [1.807, 2.05) is 0 Å². The second-order valence-corrected chi connectivity index (χ2v) is 6.01. The van der Waals surface area contributed by atoms with Crippen LogP contribution in [0.1, 0.15) is 39.5 Å². The summed E-state index contributed by atoms with van der Waals surface area (Å²) in [6.45, 7) is 7.30. The summed E-state index contributed by atoms with van der Waals surface area (Å²) < 4.78 is 0. The topological polar surface area (TPSA) is 41.1 Å². The van der Waals surface area contributed by atoms with Gasteiger partial charge in [0.1, 0.15) is 0 Å². The van der Waals surface area contributed by atoms with Crippen molar-refractivity contribution in [1.82, 2.24) is 10.6 Å². The molecule has 0 aromatic rings. The SMILES string of the molecule is CC(C)CC1(CNC(=O)C2CCNC2)CC1. The van der Waals surface area contributed by atoms with Crippen molar-refractivity contribution in [3.05, 3.63) is 0 Å². The van der Waals surface area contributed by atoms with Crippen molar-refractivity contribution < 1.29 is 4.79 Å². The van der Waals surface area contributed by atoms with E-state index >= 15 is 0 Å². The largest absolute Gasteiger partial charge is 0.355 e. The standard InChI is InChI=1S/C13H24N2O/c1-10(2)7-13(4-5-13)9-15-12(16)11-3-6-14-8-11/h10-11,14H,3-9H2,1-2H3,(H,15,16). The van der Waals surface area contributed by atoms with E-state index in [0.717, 1.165) is 32.0 Å². The van der Waals surface area contributed by atoms with Crippen LogP contribution in [0.5, 0.6) is 0 Å². The van der Waals surface area contributed by atoms with Crippen molar-refractivity contribution in [3.8, 4) is 0 Å². The van der Waals surface area contributed by atoms with Gasteiger partial charge in [0.2, 0.25) is 5.91 Å². The van der Waals surface area contributed by atoms with E-state index < -0.39 is 0 Å². The lowest BCUT2D eigenvalue weighted by molar-refractivity contribution is -0.124. The van der Waals surface area contributed by atoms with E-state index in [2.05, 4.69) is 24.5 Å². The van der Waals surface area contributed by atoms with Crippen molar-refractivity contribution in [1.29, 1.82) is 0 Å². The number of hydrogen-bond donors (Lipinski definition) is 2. The minimum Gasteiger partial charge on any atom is -0.355 e. The third-order valence-corrected chi connectivity index (χ3v) is 3.87. The van der Waals surface area contributed by atoms with Gasteiger partial charge in [-0.15, -0.1) is 0 Å². The van der Waals surface area contributed by atoms with Gasteiger partial charge >= 0.3 is 0 Å². The second-order valence-electron chi connectivity index (χ2n) is 6.01. The van der Waals surface area contributed by atoms with Crippen LogP contribution < -0.4 is 10.6 Å². The van der Waals surface area contributed by atoms with Crippen molar-refractivity contribution in [2.45, 2.75) is 39.5 Å². The maximum absolute atomic E-state index is 11.9. The molecule has 1 aliphatic heterocycles. The van der Waals surface area contributed by atoms with Gasteiger partial charge in [0.15, 0.2) is 0 Å². The Kier molecular flexibility index (Phi) is 3.53. The molecule has 2 fully saturated rings. The van der Waals surface area contributed by atoms with E-state index in [-0.39, 0.29) is 11.8 Å². The van der Waals surface area contributed by atoms with Gasteiger partial charge in [-0.2, -0.15) is 0 Å². The molecule has 0 aromatic carbocycles. The van der Waals surface area contributed by atoms with Crippen LogP contribution in [0.4, 0.5) is 0 Å². The molecule has 16 heavy (non-hydrogen) atoms. The van der Waals surface area contributed by atoms with Crippen LogP contribution in [-0.4, -0.2) is 25.5 Å². The number of nitrogens with one attached hydrogen (secondary N) is 2. The number of carbonyl (C=O) groups is 1. The molecule has 2 N–H and O–H groups in total. The average Bonchev–Trinajstić information content (AvgIpc) is 2.80. The lowest BCUT2D eigenvalue weighted by atomic mass is 9.94. The van der Waals surface area contributed by atoms with Crippen molar-refractivity contribution in [2.24, 2.45) is 17.3 Å². The molecule has 3 heteroatoms. The highest BCUT2D eigenvalue weighted by atomic mass is 16.1. The van der Waals surface area contributed by atoms with Gasteiger partial charge in [-0.25, -0.2) is 0 Å². The molecule has 1 saturated carbocycles. The first-order valence-electron chi connectivity index (χ1n) is 6.60. The molecule has 1 amide bonds. The predicted octanol–water partition coefficient (Wildman–Crippen LogP) is 1.54. The zero-order chi connectivity index (χ0) is 11.6. The zero-order valence-electron chi connectivity index (χ0n) is 10.5. The number of hydrogen-bond acceptors (Lipinski definition) is 2. The smallest absolute Gasteiger partial charge is 0.224 e. The Labute approximate surface area is 98.4 Å². The molecule has 0 radical (unpaired) electrons. The summed E-state index contributed by atoms with van der Waals surface area (Å²) in [7, 11) is 0. The summed E-state index contributed by atoms with van der Waals surface area (Å²) in [5, 5.41) is 6.39. The van der Waals surface area contributed by atoms with Gasteiger partial charge in [0.25, 0.3) is 0 Å². The van der Waals surface area contributed by atoms with Crippen molar-refractivity contribution in [3.63, 3.8) is 0 Å². The van der Waals surface area contributed by atoms with E-state index in [0.29, 0.717) is 5.41 Å². The summed E-state index contributed by atoms with van der Waals surface area (Å²) in [6, 6.07) is 0. The summed E-state index contributed by atoms with van der Waals surface area (Å²) in [5.74, 6) is 1.22. The molecule has 1 heterocycles. The van der Waals surface area contributed by atoms with E-state index in [4.69, 9.17) is 0 Å². The molecule has 3 nitrogen and oxygen atoms in total. The lowest BCUT2D eigenvalue weighted by Gasteiger charge is -2.19. The molecule has 0 spiro atoms. The number of amides is 1. The predicted molar refractivity (Wildman–Crippen MR) is 65.1 cm³/mol. The second kappa shape index (κ2) is 4.74. The first kappa shape index (κ1) is 11.9. The maximum atomic E-state index is 11.9. The third-order valence-electron chi connectivity index (χ3n) is 3.87. The minimum absolute atomic E-state index is 0.217. The van der Waals surface area contributed by atoms with Crippen LogP contribution in [0.15, 0.2) is 0 Å². The molecule has 0 bridgehead atoms. The van der Waals surface area contributed by atoms with Gasteiger partial charge < -0.3 is 10.6 Å². The maximum Gasteiger partial charge on any atom is 0.224 e. The quantitative estimate of drug-likeness (QED) is 0.743. The third kappa shape index (κ3) is 2.97. The highest BCUT2D eigenvalue weighted by Gasteiger charge is 2.43. The Bertz CT molecular complexity index is 253. The summed E-state index contributed by atoms with van der Waals surface area (Å²) in [6.07, 6.45) is 4.86. The monoisotopic (exact) mass is 224 g/mol. The molecule has 1 aliphatic carbocycles. The normalized spacial score (nSPS) is 27.1. The number of carbonyl (C=O) groups excluding carboxylic acids is 1. The Morgan fingerprint density at radius 1 is 1.50 bits per heavy atom. The average molecular weight is 224 g/mol. The Hall–Kier alpha value is -0.570. The molecular weight excluding hydrogens is 200 g/mol. The Morgan fingerprint density at radius 3 is 2.75 bits per heavy atom. The van der Waals surface area contributed by atoms with Crippen LogP contribution in [0.25, 0.3) is 0 Å². The van der Waals surface area contributed by atoms with E-state index in [1.54, 1.807) is 0 Å². The first-order valence-corrected chi connectivity index (χ1v) is 6.60. The lowest BCUT2D eigenvalue weighted by Crippen LogP contribution is -2.36. The number of rotatable bonds is 5. The van der Waals surface area contributed by atoms with E-state index in [9.17, 15) is 4.79 Å². The van der Waals surface area contributed by atoms with Gasteiger partial charge in [-0.05, 0) is 43.6 Å². The van der Waals surface area contributed by atoms with Crippen LogP contribution in [-0.2, 0) is 4.79 Å². The molecule has 2 rings (SSSR count). The Balaban J connectivity index is 1.72. The highest BCUT2D eigenvalue weighted by molar-refractivity contribution is 5.79. The molecule has 1 saturated heterocycles. The molecule has 1 atom stereocenters. The summed E-state index contributed by atoms with van der Waals surface area (Å²) in [5.41, 5.74) is 0.454. The summed E-state index contributed by atoms with van der Waals surface area (Å²) >= 11 is 0. The van der Waals surface area contributed by atoms with Crippen LogP contribution >= 0.6 is 0 Å². The molecule has 1 unspecified atom stereocenters. The van der Waals surface area contributed by atoms with Crippen LogP contribution in [0.3, 0.4) is 0 Å². The highest BCUT2D eigenvalue weighted by Crippen LogP contribution is 2.50. The van der Waals surface area contributed by atoms with Crippen molar-refractivity contribution >= 4 is 5.91 Å². The van der Waals surface area contributed by atoms with Crippen LogP contribution in [0, 0.1) is 17.3 Å². The first-order chi connectivity index (χ1) is 7.61. The fourth-order valence-corrected chi connectivity index (χ4v) is 2.79. The van der Waals surface area contributed by atoms with Gasteiger partial charge in [0.05, 0.1) is 5.92 Å². The fraction of sp³-hybridized carbons (Fsp3) is 0.923. The molecule has 92 valence electrons. The summed E-state index contributed by atoms with van der Waals surface area (Å²) in [4.78, 5) is 11.9. The zero-order valence-corrected chi connectivity index (χ0v) is 10.5. The molecule has 0 aromatic heterocycles. The van der Waals surface area contributed by atoms with Crippen LogP contribution in [0.2, 0.25) is 0 Å². The molecular formula is C13H24N2O. The van der Waals surface area contributed by atoms with Gasteiger partial charge in [0, 0.05) is 13.1 Å². The van der Waals surface area contributed by atoms with Gasteiger partial charge in [-0.3, -0.25) is 4.79 Å². The van der Waals surface area contributed by atoms with E-state index in [1.165, 1.54) is 19.3 Å². The molecule has 2 aliphatic rings. The fourth-order valence-electron chi connectivity index (χ4n) is 2.79. The van der Waals surface area contributed by atoms with Gasteiger partial charge in [-0.1, -0.05) is 13.8 Å². The minimum atomic E-state index is 0.217.